The second-order valence-corrected chi connectivity index (χ2v) is 3.39. The summed E-state index contributed by atoms with van der Waals surface area (Å²) < 4.78 is 1.08. The lowest BCUT2D eigenvalue weighted by Crippen LogP contribution is -2.07. The summed E-state index contributed by atoms with van der Waals surface area (Å²) in [5.74, 6) is -1.47. The van der Waals surface area contributed by atoms with Gasteiger partial charge in [-0.2, -0.15) is 5.26 Å². The molecule has 0 bridgehead atoms. The minimum atomic E-state index is -1.34. The molecule has 1 aromatic heterocycles. The lowest BCUT2D eigenvalue weighted by atomic mass is 10.1. The van der Waals surface area contributed by atoms with Gasteiger partial charge in [-0.3, -0.25) is 10.1 Å². The van der Waals surface area contributed by atoms with E-state index in [-0.39, 0.29) is 22.8 Å². The Kier molecular flexibility index (Phi) is 2.91. The van der Waals surface area contributed by atoms with Crippen molar-refractivity contribution in [2.75, 3.05) is 0 Å². The van der Waals surface area contributed by atoms with Crippen LogP contribution in [0.25, 0.3) is 5.69 Å². The minimum absolute atomic E-state index is 0.0899. The molecular formula is C10H5N5O4. The average molecular weight is 259 g/mol. The van der Waals surface area contributed by atoms with Crippen LogP contribution in [0.15, 0.2) is 24.5 Å². The van der Waals surface area contributed by atoms with E-state index in [0.717, 1.165) is 23.1 Å². The SMILES string of the molecule is N#Cc1ncn(-c2ccc([N+](=O)[O-])cc2C(=O)O)n1. The van der Waals surface area contributed by atoms with Gasteiger partial charge in [-0.05, 0) is 6.07 Å². The van der Waals surface area contributed by atoms with Gasteiger partial charge in [0.25, 0.3) is 11.5 Å². The molecule has 2 rings (SSSR count). The van der Waals surface area contributed by atoms with Crippen molar-refractivity contribution in [3.05, 3.63) is 46.0 Å². The van der Waals surface area contributed by atoms with Gasteiger partial charge >= 0.3 is 5.97 Å². The lowest BCUT2D eigenvalue weighted by molar-refractivity contribution is -0.384. The van der Waals surface area contributed by atoms with Crippen molar-refractivity contribution in [2.45, 2.75) is 0 Å². The number of non-ortho nitro benzene ring substituents is 1. The molecule has 0 radical (unpaired) electrons. The number of nitriles is 1. The van der Waals surface area contributed by atoms with E-state index in [0.29, 0.717) is 0 Å². The van der Waals surface area contributed by atoms with Crippen molar-refractivity contribution < 1.29 is 14.8 Å². The molecule has 9 heteroatoms. The van der Waals surface area contributed by atoms with Gasteiger partial charge in [0.05, 0.1) is 16.2 Å². The first-order valence-electron chi connectivity index (χ1n) is 4.87. The van der Waals surface area contributed by atoms with Crippen LogP contribution in [-0.2, 0) is 0 Å². The molecule has 0 aliphatic rings. The number of carbonyl (C=O) groups is 1. The highest BCUT2D eigenvalue weighted by Crippen LogP contribution is 2.20. The number of aromatic nitrogens is 3. The van der Waals surface area contributed by atoms with E-state index in [1.165, 1.54) is 6.07 Å². The monoisotopic (exact) mass is 259 g/mol. The van der Waals surface area contributed by atoms with Crippen LogP contribution in [0.1, 0.15) is 16.2 Å². The van der Waals surface area contributed by atoms with Crippen LogP contribution >= 0.6 is 0 Å². The fourth-order valence-electron chi connectivity index (χ4n) is 1.44. The molecule has 19 heavy (non-hydrogen) atoms. The first-order valence-corrected chi connectivity index (χ1v) is 4.87. The summed E-state index contributed by atoms with van der Waals surface area (Å²) in [6.07, 6.45) is 1.16. The number of benzene rings is 1. The van der Waals surface area contributed by atoms with Crippen LogP contribution in [-0.4, -0.2) is 30.8 Å². The first-order chi connectivity index (χ1) is 9.02. The molecule has 0 spiro atoms. The third-order valence-electron chi connectivity index (χ3n) is 2.26. The molecule has 2 aromatic rings. The zero-order valence-electron chi connectivity index (χ0n) is 9.22. The Bertz CT molecular complexity index is 715. The molecular weight excluding hydrogens is 254 g/mol. The lowest BCUT2D eigenvalue weighted by Gasteiger charge is -2.04. The van der Waals surface area contributed by atoms with Crippen molar-refractivity contribution in [1.82, 2.24) is 14.8 Å². The molecule has 0 aliphatic heterocycles. The summed E-state index contributed by atoms with van der Waals surface area (Å²) in [4.78, 5) is 24.6. The summed E-state index contributed by atoms with van der Waals surface area (Å²) in [6.45, 7) is 0. The summed E-state index contributed by atoms with van der Waals surface area (Å²) in [6, 6.07) is 5.00. The van der Waals surface area contributed by atoms with Crippen LogP contribution in [0.3, 0.4) is 0 Å². The fourth-order valence-corrected chi connectivity index (χ4v) is 1.44. The van der Waals surface area contributed by atoms with Crippen LogP contribution in [0.5, 0.6) is 0 Å². The zero-order valence-corrected chi connectivity index (χ0v) is 9.22. The third kappa shape index (κ3) is 2.22. The Balaban J connectivity index is 2.60. The zero-order chi connectivity index (χ0) is 14.0. The Hall–Kier alpha value is -3.28. The van der Waals surface area contributed by atoms with Crippen molar-refractivity contribution >= 4 is 11.7 Å². The van der Waals surface area contributed by atoms with E-state index in [1.807, 2.05) is 0 Å². The topological polar surface area (TPSA) is 135 Å². The van der Waals surface area contributed by atoms with E-state index >= 15 is 0 Å². The number of carboxylic acid groups (broad SMARTS) is 1. The molecule has 1 aromatic carbocycles. The molecule has 94 valence electrons. The second kappa shape index (κ2) is 4.53. The van der Waals surface area contributed by atoms with Gasteiger partial charge in [-0.15, -0.1) is 5.10 Å². The highest BCUT2D eigenvalue weighted by Gasteiger charge is 2.18. The second-order valence-electron chi connectivity index (χ2n) is 3.39. The van der Waals surface area contributed by atoms with Crippen molar-refractivity contribution in [2.24, 2.45) is 0 Å². The Labute approximate surface area is 105 Å². The van der Waals surface area contributed by atoms with E-state index in [1.54, 1.807) is 6.07 Å². The van der Waals surface area contributed by atoms with Gasteiger partial charge in [0.1, 0.15) is 12.4 Å². The molecule has 0 aliphatic carbocycles. The van der Waals surface area contributed by atoms with Gasteiger partial charge in [0, 0.05) is 12.1 Å². The molecule has 0 saturated carbocycles. The number of hydrogen-bond acceptors (Lipinski definition) is 6. The first kappa shape index (κ1) is 12.2. The average Bonchev–Trinajstić information content (AvgIpc) is 2.86. The number of rotatable bonds is 3. The van der Waals surface area contributed by atoms with Gasteiger partial charge in [0.15, 0.2) is 0 Å². The highest BCUT2D eigenvalue weighted by atomic mass is 16.6. The molecule has 0 unspecified atom stereocenters. The molecule has 0 fully saturated rings. The van der Waals surface area contributed by atoms with Crippen LogP contribution in [0.2, 0.25) is 0 Å². The van der Waals surface area contributed by atoms with Crippen LogP contribution in [0, 0.1) is 21.4 Å². The summed E-state index contributed by atoms with van der Waals surface area (Å²) in [7, 11) is 0. The van der Waals surface area contributed by atoms with Gasteiger partial charge < -0.3 is 5.11 Å². The van der Waals surface area contributed by atoms with Crippen LogP contribution in [0.4, 0.5) is 5.69 Å². The Morgan fingerprint density at radius 2 is 2.26 bits per heavy atom. The minimum Gasteiger partial charge on any atom is -0.478 e. The number of nitrogens with zero attached hydrogens (tertiary/aromatic N) is 5. The maximum atomic E-state index is 11.1. The van der Waals surface area contributed by atoms with E-state index in [4.69, 9.17) is 10.4 Å². The Morgan fingerprint density at radius 3 is 2.79 bits per heavy atom. The molecule has 1 N–H and O–H groups in total. The number of carboxylic acids is 1. The van der Waals surface area contributed by atoms with Gasteiger partial charge in [-0.25, -0.2) is 14.5 Å². The largest absolute Gasteiger partial charge is 0.478 e. The smallest absolute Gasteiger partial charge is 0.338 e. The predicted molar refractivity (Wildman–Crippen MR) is 59.7 cm³/mol. The summed E-state index contributed by atoms with van der Waals surface area (Å²) in [5, 5.41) is 32.0. The molecule has 0 atom stereocenters. The predicted octanol–water partition coefficient (Wildman–Crippen LogP) is 0.745. The van der Waals surface area contributed by atoms with Crippen molar-refractivity contribution in [1.29, 1.82) is 5.26 Å². The van der Waals surface area contributed by atoms with Crippen molar-refractivity contribution in [3.8, 4) is 11.8 Å². The van der Waals surface area contributed by atoms with E-state index in [9.17, 15) is 14.9 Å². The molecule has 0 saturated heterocycles. The molecule has 9 nitrogen and oxygen atoms in total. The van der Waals surface area contributed by atoms with E-state index in [2.05, 4.69) is 10.1 Å². The van der Waals surface area contributed by atoms with Gasteiger partial charge in [0.2, 0.25) is 0 Å². The summed E-state index contributed by atoms with van der Waals surface area (Å²) in [5.41, 5.74) is -0.558. The quantitative estimate of drug-likeness (QED) is 0.634. The van der Waals surface area contributed by atoms with E-state index < -0.39 is 10.9 Å². The number of nitro groups is 1. The van der Waals surface area contributed by atoms with Crippen molar-refractivity contribution in [3.63, 3.8) is 0 Å². The fraction of sp³-hybridized carbons (Fsp3) is 0. The van der Waals surface area contributed by atoms with Gasteiger partial charge in [-0.1, -0.05) is 0 Å². The normalized spacial score (nSPS) is 9.84. The standard InChI is InChI=1S/C10H5N5O4/c11-4-9-12-5-14(13-9)8-2-1-6(15(18)19)3-7(8)10(16)17/h1-3,5H,(H,16,17). The maximum Gasteiger partial charge on any atom is 0.338 e. The third-order valence-corrected chi connectivity index (χ3v) is 2.26. The maximum absolute atomic E-state index is 11.1. The van der Waals surface area contributed by atoms with Crippen LogP contribution < -0.4 is 0 Å². The number of nitro benzene ring substituents is 1. The number of aromatic carboxylic acids is 1. The Morgan fingerprint density at radius 1 is 1.53 bits per heavy atom. The number of hydrogen-bond donors (Lipinski definition) is 1. The highest BCUT2D eigenvalue weighted by molar-refractivity contribution is 5.92. The molecule has 0 amide bonds. The summed E-state index contributed by atoms with van der Waals surface area (Å²) >= 11 is 0. The molecule has 1 heterocycles.